The minimum Gasteiger partial charge on any atom is -0.466 e. The number of halogens is 2. The van der Waals surface area contributed by atoms with E-state index in [0.29, 0.717) is 18.7 Å². The smallest absolute Gasteiger partial charge is 0.308 e. The summed E-state index contributed by atoms with van der Waals surface area (Å²) in [5.41, 5.74) is 0.500. The van der Waals surface area contributed by atoms with E-state index >= 15 is 0 Å². The van der Waals surface area contributed by atoms with Crippen molar-refractivity contribution in [3.63, 3.8) is 0 Å². The molecule has 1 aromatic rings. The zero-order valence-corrected chi connectivity index (χ0v) is 14.0. The van der Waals surface area contributed by atoms with Crippen molar-refractivity contribution in [1.82, 2.24) is 5.32 Å². The zero-order chi connectivity index (χ0) is 16.8. The molecule has 2 N–H and O–H groups in total. The molecule has 0 aromatic heterocycles. The fourth-order valence-electron chi connectivity index (χ4n) is 2.91. The first kappa shape index (κ1) is 18.2. The fourth-order valence-corrected chi connectivity index (χ4v) is 3.03. The van der Waals surface area contributed by atoms with Gasteiger partial charge in [-0.05, 0) is 50.3 Å². The van der Waals surface area contributed by atoms with Gasteiger partial charge in [-0.3, -0.25) is 4.79 Å². The first-order valence-corrected chi connectivity index (χ1v) is 8.42. The number of carbonyl (C=O) groups excluding carboxylic acids is 1. The molecule has 0 aliphatic heterocycles. The Labute approximate surface area is 141 Å². The van der Waals surface area contributed by atoms with Gasteiger partial charge in [-0.15, -0.1) is 0 Å². The van der Waals surface area contributed by atoms with Crippen LogP contribution >= 0.6 is 11.6 Å². The summed E-state index contributed by atoms with van der Waals surface area (Å²) in [6.07, 6.45) is 2.53. The van der Waals surface area contributed by atoms with E-state index < -0.39 is 11.9 Å². The molecular weight excluding hydrogens is 321 g/mol. The molecule has 0 heterocycles. The third kappa shape index (κ3) is 5.16. The molecule has 1 unspecified atom stereocenters. The van der Waals surface area contributed by atoms with Crippen molar-refractivity contribution >= 4 is 17.6 Å². The van der Waals surface area contributed by atoms with E-state index in [2.05, 4.69) is 5.32 Å². The molecule has 0 amide bonds. The predicted molar refractivity (Wildman–Crippen MR) is 86.8 cm³/mol. The largest absolute Gasteiger partial charge is 0.466 e. The molecule has 0 spiro atoms. The summed E-state index contributed by atoms with van der Waals surface area (Å²) < 4.78 is 18.5. The molecule has 1 aromatic carbocycles. The third-order valence-electron chi connectivity index (χ3n) is 4.28. The lowest BCUT2D eigenvalue weighted by molar-refractivity contribution is -0.149. The van der Waals surface area contributed by atoms with Gasteiger partial charge < -0.3 is 15.2 Å². The number of aliphatic hydroxyl groups excluding tert-OH is 1. The molecule has 128 valence electrons. The van der Waals surface area contributed by atoms with Gasteiger partial charge in [-0.2, -0.15) is 0 Å². The highest BCUT2D eigenvalue weighted by Crippen LogP contribution is 2.26. The molecule has 1 fully saturated rings. The van der Waals surface area contributed by atoms with E-state index in [1.807, 2.05) is 6.92 Å². The number of hydrogen-bond acceptors (Lipinski definition) is 4. The van der Waals surface area contributed by atoms with Gasteiger partial charge in [-0.25, -0.2) is 4.39 Å². The minimum atomic E-state index is -0.787. The van der Waals surface area contributed by atoms with Gasteiger partial charge in [0.25, 0.3) is 0 Å². The van der Waals surface area contributed by atoms with Crippen LogP contribution in [-0.2, 0) is 9.53 Å². The zero-order valence-electron chi connectivity index (χ0n) is 13.2. The molecular formula is C17H23ClFNO3. The first-order valence-electron chi connectivity index (χ1n) is 8.04. The van der Waals surface area contributed by atoms with Crippen LogP contribution in [0.1, 0.15) is 44.3 Å². The monoisotopic (exact) mass is 343 g/mol. The maximum Gasteiger partial charge on any atom is 0.308 e. The molecule has 0 bridgehead atoms. The number of hydrogen-bond donors (Lipinski definition) is 2. The molecule has 1 saturated carbocycles. The van der Waals surface area contributed by atoms with Gasteiger partial charge in [0.2, 0.25) is 0 Å². The summed E-state index contributed by atoms with van der Waals surface area (Å²) in [4.78, 5) is 11.7. The van der Waals surface area contributed by atoms with Crippen LogP contribution in [0.15, 0.2) is 18.2 Å². The second-order valence-corrected chi connectivity index (χ2v) is 6.31. The van der Waals surface area contributed by atoms with Crippen molar-refractivity contribution in [3.05, 3.63) is 34.6 Å². The van der Waals surface area contributed by atoms with Gasteiger partial charge in [0.1, 0.15) is 5.82 Å². The number of esters is 1. The topological polar surface area (TPSA) is 58.6 Å². The number of carbonyl (C=O) groups is 1. The minimum absolute atomic E-state index is 0.0108. The molecule has 0 saturated heterocycles. The lowest BCUT2D eigenvalue weighted by atomic mass is 9.86. The van der Waals surface area contributed by atoms with Crippen LogP contribution in [-0.4, -0.2) is 30.3 Å². The number of nitrogens with one attached hydrogen (secondary N) is 1. The van der Waals surface area contributed by atoms with Crippen LogP contribution in [0.25, 0.3) is 0 Å². The van der Waals surface area contributed by atoms with Crippen LogP contribution in [0.5, 0.6) is 0 Å². The SMILES string of the molecule is CCOC(=O)C1CCC(NCC(O)c2ccc(Cl)c(F)c2)CC1. The molecule has 2 rings (SSSR count). The van der Waals surface area contributed by atoms with E-state index in [4.69, 9.17) is 16.3 Å². The number of benzene rings is 1. The Balaban J connectivity index is 1.76. The summed E-state index contributed by atoms with van der Waals surface area (Å²) in [7, 11) is 0. The summed E-state index contributed by atoms with van der Waals surface area (Å²) in [6, 6.07) is 4.58. The van der Waals surface area contributed by atoms with Gasteiger partial charge in [-0.1, -0.05) is 17.7 Å². The Morgan fingerprint density at radius 2 is 2.13 bits per heavy atom. The molecule has 1 aliphatic rings. The molecule has 0 radical (unpaired) electrons. The third-order valence-corrected chi connectivity index (χ3v) is 4.58. The number of ether oxygens (including phenoxy) is 1. The molecule has 1 aliphatic carbocycles. The Morgan fingerprint density at radius 3 is 2.74 bits per heavy atom. The van der Waals surface area contributed by atoms with Gasteiger partial charge >= 0.3 is 5.97 Å². The van der Waals surface area contributed by atoms with Crippen LogP contribution in [0, 0.1) is 11.7 Å². The van der Waals surface area contributed by atoms with Gasteiger partial charge in [0, 0.05) is 12.6 Å². The predicted octanol–water partition coefficient (Wildman–Crippen LogP) is 3.22. The van der Waals surface area contributed by atoms with Crippen molar-refractivity contribution in [2.75, 3.05) is 13.2 Å². The molecule has 6 heteroatoms. The summed E-state index contributed by atoms with van der Waals surface area (Å²) >= 11 is 5.64. The van der Waals surface area contributed by atoms with E-state index in [0.717, 1.165) is 25.7 Å². The van der Waals surface area contributed by atoms with E-state index in [-0.39, 0.29) is 23.0 Å². The average molecular weight is 344 g/mol. The molecule has 1 atom stereocenters. The van der Waals surface area contributed by atoms with Crippen molar-refractivity contribution in [2.24, 2.45) is 5.92 Å². The highest BCUT2D eigenvalue weighted by Gasteiger charge is 2.27. The summed E-state index contributed by atoms with van der Waals surface area (Å²) in [6.45, 7) is 2.57. The van der Waals surface area contributed by atoms with Crippen molar-refractivity contribution in [3.8, 4) is 0 Å². The van der Waals surface area contributed by atoms with Crippen molar-refractivity contribution in [1.29, 1.82) is 0 Å². The number of rotatable bonds is 6. The van der Waals surface area contributed by atoms with E-state index in [1.54, 1.807) is 6.07 Å². The van der Waals surface area contributed by atoms with Gasteiger partial charge in [0.15, 0.2) is 0 Å². The highest BCUT2D eigenvalue weighted by atomic mass is 35.5. The lowest BCUT2D eigenvalue weighted by Crippen LogP contribution is -2.37. The number of aliphatic hydroxyl groups is 1. The standard InChI is InChI=1S/C17H23ClFNO3/c1-2-23-17(22)11-3-6-13(7-4-11)20-10-16(21)12-5-8-14(18)15(19)9-12/h5,8-9,11,13,16,20-21H,2-4,6-7,10H2,1H3. The average Bonchev–Trinajstić information content (AvgIpc) is 2.56. The van der Waals surface area contributed by atoms with Crippen LogP contribution < -0.4 is 5.32 Å². The quantitative estimate of drug-likeness (QED) is 0.779. The second-order valence-electron chi connectivity index (χ2n) is 5.90. The summed E-state index contributed by atoms with van der Waals surface area (Å²) in [5, 5.41) is 13.5. The maximum absolute atomic E-state index is 13.4. The van der Waals surface area contributed by atoms with E-state index in [9.17, 15) is 14.3 Å². The van der Waals surface area contributed by atoms with Crippen LogP contribution in [0.4, 0.5) is 4.39 Å². The van der Waals surface area contributed by atoms with Gasteiger partial charge in [0.05, 0.1) is 23.7 Å². The van der Waals surface area contributed by atoms with E-state index in [1.165, 1.54) is 12.1 Å². The van der Waals surface area contributed by atoms with Crippen LogP contribution in [0.3, 0.4) is 0 Å². The second kappa shape index (κ2) is 8.62. The van der Waals surface area contributed by atoms with Crippen molar-refractivity contribution < 1.29 is 19.0 Å². The first-order chi connectivity index (χ1) is 11.0. The fraction of sp³-hybridized carbons (Fsp3) is 0.588. The normalized spacial score (nSPS) is 22.6. The molecule has 23 heavy (non-hydrogen) atoms. The highest BCUT2D eigenvalue weighted by molar-refractivity contribution is 6.30. The Morgan fingerprint density at radius 1 is 1.43 bits per heavy atom. The van der Waals surface area contributed by atoms with Crippen molar-refractivity contribution in [2.45, 2.75) is 44.8 Å². The van der Waals surface area contributed by atoms with Crippen LogP contribution in [0.2, 0.25) is 5.02 Å². The Bertz CT molecular complexity index is 533. The lowest BCUT2D eigenvalue weighted by Gasteiger charge is -2.28. The maximum atomic E-state index is 13.4. The Kier molecular flexibility index (Phi) is 6.81. The summed E-state index contributed by atoms with van der Waals surface area (Å²) in [5.74, 6) is -0.649. The molecule has 4 nitrogen and oxygen atoms in total. The Hall–Kier alpha value is -1.17.